The van der Waals surface area contributed by atoms with Crippen molar-refractivity contribution in [1.29, 1.82) is 0 Å². The lowest BCUT2D eigenvalue weighted by atomic mass is 10.1. The molecule has 1 aliphatic rings. The number of hydrogen-bond donors (Lipinski definition) is 1. The van der Waals surface area contributed by atoms with E-state index in [0.29, 0.717) is 17.2 Å². The Labute approximate surface area is 233 Å². The maximum Gasteiger partial charge on any atom is 0.247 e. The van der Waals surface area contributed by atoms with Crippen LogP contribution in [0.2, 0.25) is 0 Å². The van der Waals surface area contributed by atoms with Crippen LogP contribution in [0.25, 0.3) is 27.6 Å². The minimum Gasteiger partial charge on any atom is -0.327 e. The summed E-state index contributed by atoms with van der Waals surface area (Å²) in [6.45, 7) is 1.94. The third kappa shape index (κ3) is 4.25. The van der Waals surface area contributed by atoms with E-state index < -0.39 is 6.04 Å². The molecule has 0 saturated carbocycles. The number of amides is 1. The van der Waals surface area contributed by atoms with Crippen molar-refractivity contribution in [2.24, 2.45) is 0 Å². The molecular formula is C30H22N6OS2. The summed E-state index contributed by atoms with van der Waals surface area (Å²) in [5.41, 5.74) is 5.11. The molecule has 0 spiro atoms. The summed E-state index contributed by atoms with van der Waals surface area (Å²) in [4.78, 5) is 19.0. The largest absolute Gasteiger partial charge is 0.327 e. The molecule has 1 N–H and O–H groups in total. The van der Waals surface area contributed by atoms with Crippen molar-refractivity contribution in [1.82, 2.24) is 19.8 Å². The molecule has 0 fully saturated rings. The Kier molecular flexibility index (Phi) is 5.87. The Balaban J connectivity index is 1.18. The molecular weight excluding hydrogens is 525 g/mol. The number of hydrogen-bond acceptors (Lipinski definition) is 7. The first-order valence-corrected chi connectivity index (χ1v) is 14.2. The van der Waals surface area contributed by atoms with E-state index >= 15 is 0 Å². The Morgan fingerprint density at radius 1 is 0.846 bits per heavy atom. The predicted octanol–water partition coefficient (Wildman–Crippen LogP) is 7.15. The van der Waals surface area contributed by atoms with E-state index in [4.69, 9.17) is 5.10 Å². The number of rotatable bonds is 5. The number of carbonyl (C=O) groups excluding carboxylic acids is 1. The minimum atomic E-state index is -0.434. The fourth-order valence-electron chi connectivity index (χ4n) is 4.77. The Morgan fingerprint density at radius 2 is 1.62 bits per heavy atom. The molecule has 4 heterocycles. The molecule has 190 valence electrons. The van der Waals surface area contributed by atoms with Crippen LogP contribution in [-0.2, 0) is 4.79 Å². The number of thiophene rings is 1. The van der Waals surface area contributed by atoms with Gasteiger partial charge in [0.05, 0.1) is 21.9 Å². The summed E-state index contributed by atoms with van der Waals surface area (Å²) < 4.78 is 1.76. The first kappa shape index (κ1) is 23.6. The van der Waals surface area contributed by atoms with Crippen molar-refractivity contribution in [3.8, 4) is 22.0 Å². The second-order valence-corrected chi connectivity index (χ2v) is 11.2. The van der Waals surface area contributed by atoms with Crippen LogP contribution in [0.4, 0.5) is 17.1 Å². The average molecular weight is 547 g/mol. The lowest BCUT2D eigenvalue weighted by Crippen LogP contribution is -2.40. The SMILES string of the molecule is CC(C(=O)Nc1cccc(-c2ccc3nnc(-c4cccs4)n3n2)c1)N1c2ccccc2Sc2ccccc21. The quantitative estimate of drug-likeness (QED) is 0.248. The minimum absolute atomic E-state index is 0.0918. The summed E-state index contributed by atoms with van der Waals surface area (Å²) >= 11 is 3.33. The van der Waals surface area contributed by atoms with Gasteiger partial charge in [0.2, 0.25) is 5.91 Å². The molecule has 39 heavy (non-hydrogen) atoms. The van der Waals surface area contributed by atoms with Gasteiger partial charge in [-0.3, -0.25) is 4.79 Å². The van der Waals surface area contributed by atoms with Gasteiger partial charge in [0, 0.05) is 21.0 Å². The average Bonchev–Trinajstić information content (AvgIpc) is 3.65. The number of fused-ring (bicyclic) bond motifs is 3. The van der Waals surface area contributed by atoms with Crippen molar-refractivity contribution in [3.63, 3.8) is 0 Å². The molecule has 3 aromatic heterocycles. The van der Waals surface area contributed by atoms with Crippen molar-refractivity contribution < 1.29 is 4.79 Å². The lowest BCUT2D eigenvalue weighted by Gasteiger charge is -2.36. The molecule has 9 heteroatoms. The number of aromatic nitrogens is 4. The zero-order valence-corrected chi connectivity index (χ0v) is 22.5. The van der Waals surface area contributed by atoms with Crippen molar-refractivity contribution in [3.05, 3.63) is 102 Å². The Bertz CT molecular complexity index is 1790. The topological polar surface area (TPSA) is 75.4 Å². The highest BCUT2D eigenvalue weighted by Crippen LogP contribution is 2.48. The normalized spacial score (nSPS) is 13.1. The zero-order chi connectivity index (χ0) is 26.3. The van der Waals surface area contributed by atoms with E-state index in [1.54, 1.807) is 27.6 Å². The number of carbonyl (C=O) groups is 1. The van der Waals surface area contributed by atoms with E-state index in [1.165, 1.54) is 0 Å². The highest BCUT2D eigenvalue weighted by atomic mass is 32.2. The van der Waals surface area contributed by atoms with Gasteiger partial charge in [-0.05, 0) is 66.9 Å². The van der Waals surface area contributed by atoms with E-state index in [0.717, 1.165) is 37.3 Å². The second-order valence-electron chi connectivity index (χ2n) is 9.14. The van der Waals surface area contributed by atoms with Gasteiger partial charge in [0.15, 0.2) is 11.5 Å². The zero-order valence-electron chi connectivity index (χ0n) is 20.9. The van der Waals surface area contributed by atoms with Crippen LogP contribution in [0.3, 0.4) is 0 Å². The molecule has 7 rings (SSSR count). The van der Waals surface area contributed by atoms with Gasteiger partial charge in [-0.15, -0.1) is 21.5 Å². The summed E-state index contributed by atoms with van der Waals surface area (Å²) in [6, 6.07) is 31.6. The molecule has 7 nitrogen and oxygen atoms in total. The highest BCUT2D eigenvalue weighted by molar-refractivity contribution is 7.99. The molecule has 1 aliphatic heterocycles. The molecule has 3 aromatic carbocycles. The van der Waals surface area contributed by atoms with Gasteiger partial charge < -0.3 is 10.2 Å². The molecule has 0 bridgehead atoms. The summed E-state index contributed by atoms with van der Waals surface area (Å²) in [6.07, 6.45) is 0. The van der Waals surface area contributed by atoms with Crippen molar-refractivity contribution in [2.75, 3.05) is 10.2 Å². The van der Waals surface area contributed by atoms with Crippen LogP contribution in [-0.4, -0.2) is 31.8 Å². The number of nitrogens with zero attached hydrogens (tertiary/aromatic N) is 5. The van der Waals surface area contributed by atoms with Crippen LogP contribution in [0, 0.1) is 0 Å². The lowest BCUT2D eigenvalue weighted by molar-refractivity contribution is -0.117. The summed E-state index contributed by atoms with van der Waals surface area (Å²) in [5, 5.41) is 18.5. The van der Waals surface area contributed by atoms with Crippen LogP contribution in [0.1, 0.15) is 6.92 Å². The molecule has 1 atom stereocenters. The third-order valence-corrected chi connectivity index (χ3v) is 8.66. The molecule has 1 unspecified atom stereocenters. The number of nitrogens with one attached hydrogen (secondary N) is 1. The van der Waals surface area contributed by atoms with Crippen LogP contribution >= 0.6 is 23.1 Å². The van der Waals surface area contributed by atoms with Gasteiger partial charge in [-0.1, -0.05) is 54.2 Å². The van der Waals surface area contributed by atoms with E-state index in [9.17, 15) is 4.79 Å². The highest BCUT2D eigenvalue weighted by Gasteiger charge is 2.30. The Morgan fingerprint density at radius 3 is 2.36 bits per heavy atom. The van der Waals surface area contributed by atoms with E-state index in [-0.39, 0.29) is 5.91 Å². The molecule has 0 aliphatic carbocycles. The maximum atomic E-state index is 13.6. The Hall–Kier alpha value is -4.47. The number of benzene rings is 3. The number of anilines is 3. The van der Waals surface area contributed by atoms with E-state index in [1.807, 2.05) is 85.1 Å². The maximum absolute atomic E-state index is 13.6. The monoisotopic (exact) mass is 546 g/mol. The first-order chi connectivity index (χ1) is 19.2. The van der Waals surface area contributed by atoms with Crippen LogP contribution in [0.5, 0.6) is 0 Å². The fourth-order valence-corrected chi connectivity index (χ4v) is 6.54. The third-order valence-electron chi connectivity index (χ3n) is 6.67. The molecule has 0 saturated heterocycles. The smallest absolute Gasteiger partial charge is 0.247 e. The van der Waals surface area contributed by atoms with Crippen LogP contribution in [0.15, 0.2) is 112 Å². The second kappa shape index (κ2) is 9.68. The van der Waals surface area contributed by atoms with Crippen molar-refractivity contribution >= 4 is 51.7 Å². The predicted molar refractivity (Wildman–Crippen MR) is 157 cm³/mol. The first-order valence-electron chi connectivity index (χ1n) is 12.5. The molecule has 0 radical (unpaired) electrons. The van der Waals surface area contributed by atoms with Crippen LogP contribution < -0.4 is 10.2 Å². The van der Waals surface area contributed by atoms with E-state index in [2.05, 4.69) is 44.7 Å². The summed E-state index contributed by atoms with van der Waals surface area (Å²) in [7, 11) is 0. The molecule has 6 aromatic rings. The standard InChI is InChI=1S/C30H22N6OS2/c1-19(35-23-10-2-4-12-25(23)39-26-13-5-3-11-24(26)35)30(37)31-21-9-6-8-20(18-21)22-15-16-28-32-33-29(36(28)34-22)27-14-7-17-38-27/h2-19H,1H3,(H,31,37). The molecule has 1 amide bonds. The van der Waals surface area contributed by atoms with Crippen molar-refractivity contribution in [2.45, 2.75) is 22.8 Å². The summed E-state index contributed by atoms with van der Waals surface area (Å²) in [5.74, 6) is 0.617. The van der Waals surface area contributed by atoms with Gasteiger partial charge in [0.1, 0.15) is 6.04 Å². The fraction of sp³-hybridized carbons (Fsp3) is 0.0667. The van der Waals surface area contributed by atoms with Gasteiger partial charge in [-0.2, -0.15) is 9.61 Å². The van der Waals surface area contributed by atoms with Gasteiger partial charge in [-0.25, -0.2) is 0 Å². The van der Waals surface area contributed by atoms with Gasteiger partial charge in [0.25, 0.3) is 0 Å². The number of para-hydroxylation sites is 2. The van der Waals surface area contributed by atoms with Gasteiger partial charge >= 0.3 is 0 Å².